The Balaban J connectivity index is 1.81. The highest BCUT2D eigenvalue weighted by atomic mass is 32.1. The van der Waals surface area contributed by atoms with Gasteiger partial charge in [0.1, 0.15) is 6.04 Å². The molecule has 0 bridgehead atoms. The molecule has 0 radical (unpaired) electrons. The maximum atomic E-state index is 11.8. The highest BCUT2D eigenvalue weighted by Crippen LogP contribution is 2.14. The van der Waals surface area contributed by atoms with Gasteiger partial charge in [0.25, 0.3) is 0 Å². The molecule has 92 valence electrons. The first-order valence-electron chi connectivity index (χ1n) is 5.47. The first-order valence-corrected chi connectivity index (χ1v) is 6.35. The summed E-state index contributed by atoms with van der Waals surface area (Å²) in [7, 11) is 0. The van der Waals surface area contributed by atoms with Crippen LogP contribution in [0.25, 0.3) is 0 Å². The summed E-state index contributed by atoms with van der Waals surface area (Å²) in [6.45, 7) is 3.13. The van der Waals surface area contributed by atoms with E-state index in [0.29, 0.717) is 13.1 Å². The number of hydrogen-bond acceptors (Lipinski definition) is 4. The SMILES string of the molecule is Cc1ccsc1CNC(=O)C1CNC(=O)CN1. The summed E-state index contributed by atoms with van der Waals surface area (Å²) in [5.41, 5.74) is 1.19. The van der Waals surface area contributed by atoms with Crippen molar-refractivity contribution in [1.82, 2.24) is 16.0 Å². The second kappa shape index (κ2) is 5.29. The highest BCUT2D eigenvalue weighted by molar-refractivity contribution is 7.10. The quantitative estimate of drug-likeness (QED) is 0.696. The van der Waals surface area contributed by atoms with Gasteiger partial charge in [0.05, 0.1) is 13.1 Å². The second-order valence-corrected chi connectivity index (χ2v) is 4.98. The first kappa shape index (κ1) is 12.1. The molecule has 1 aliphatic rings. The standard InChI is InChI=1S/C11H15N3O2S/c1-7-2-3-17-9(7)5-14-11(16)8-4-13-10(15)6-12-8/h2-3,8,12H,4-6H2,1H3,(H,13,15)(H,14,16). The molecule has 1 fully saturated rings. The van der Waals surface area contributed by atoms with Crippen LogP contribution in [0.2, 0.25) is 0 Å². The summed E-state index contributed by atoms with van der Waals surface area (Å²) in [5.74, 6) is -0.138. The van der Waals surface area contributed by atoms with Crippen molar-refractivity contribution >= 4 is 23.2 Å². The number of rotatable bonds is 3. The van der Waals surface area contributed by atoms with E-state index in [9.17, 15) is 9.59 Å². The molecule has 1 atom stereocenters. The maximum Gasteiger partial charge on any atom is 0.239 e. The van der Waals surface area contributed by atoms with Crippen LogP contribution in [0.5, 0.6) is 0 Å². The van der Waals surface area contributed by atoms with Gasteiger partial charge >= 0.3 is 0 Å². The van der Waals surface area contributed by atoms with Crippen LogP contribution in [0.15, 0.2) is 11.4 Å². The lowest BCUT2D eigenvalue weighted by molar-refractivity contribution is -0.126. The van der Waals surface area contributed by atoms with Crippen LogP contribution < -0.4 is 16.0 Å². The molecule has 0 spiro atoms. The Kier molecular flexibility index (Phi) is 3.75. The zero-order valence-electron chi connectivity index (χ0n) is 9.58. The summed E-state index contributed by atoms with van der Waals surface area (Å²) in [5, 5.41) is 10.4. The minimum absolute atomic E-state index is 0.0665. The van der Waals surface area contributed by atoms with Crippen molar-refractivity contribution in [3.05, 3.63) is 21.9 Å². The van der Waals surface area contributed by atoms with Crippen LogP contribution in [0.4, 0.5) is 0 Å². The molecule has 1 unspecified atom stereocenters. The molecule has 2 heterocycles. The third-order valence-electron chi connectivity index (χ3n) is 2.72. The van der Waals surface area contributed by atoms with Gasteiger partial charge in [-0.15, -0.1) is 11.3 Å². The summed E-state index contributed by atoms with van der Waals surface area (Å²) >= 11 is 1.63. The molecular formula is C11H15N3O2S. The van der Waals surface area contributed by atoms with E-state index in [4.69, 9.17) is 0 Å². The predicted molar refractivity (Wildman–Crippen MR) is 65.7 cm³/mol. The minimum Gasteiger partial charge on any atom is -0.353 e. The fourth-order valence-electron chi connectivity index (χ4n) is 1.63. The van der Waals surface area contributed by atoms with Gasteiger partial charge in [0.15, 0.2) is 0 Å². The molecule has 5 nitrogen and oxygen atoms in total. The summed E-state index contributed by atoms with van der Waals surface area (Å²) < 4.78 is 0. The van der Waals surface area contributed by atoms with Crippen LogP contribution in [-0.4, -0.2) is 30.9 Å². The smallest absolute Gasteiger partial charge is 0.239 e. The number of amides is 2. The molecule has 6 heteroatoms. The molecule has 2 rings (SSSR count). The summed E-state index contributed by atoms with van der Waals surface area (Å²) in [4.78, 5) is 23.9. The number of hydrogen-bond donors (Lipinski definition) is 3. The molecule has 2 amide bonds. The molecule has 0 aromatic carbocycles. The van der Waals surface area contributed by atoms with Crippen molar-refractivity contribution in [2.75, 3.05) is 13.1 Å². The van der Waals surface area contributed by atoms with Gasteiger partial charge in [-0.3, -0.25) is 14.9 Å². The second-order valence-electron chi connectivity index (χ2n) is 3.98. The topological polar surface area (TPSA) is 70.2 Å². The average Bonchev–Trinajstić information content (AvgIpc) is 2.73. The predicted octanol–water partition coefficient (Wildman–Crippen LogP) is -0.239. The number of nitrogens with one attached hydrogen (secondary N) is 3. The largest absolute Gasteiger partial charge is 0.353 e. The molecule has 1 aliphatic heterocycles. The monoisotopic (exact) mass is 253 g/mol. The molecule has 1 saturated heterocycles. The van der Waals surface area contributed by atoms with Crippen molar-refractivity contribution in [3.63, 3.8) is 0 Å². The Morgan fingerprint density at radius 2 is 2.47 bits per heavy atom. The van der Waals surface area contributed by atoms with E-state index in [-0.39, 0.29) is 24.4 Å². The van der Waals surface area contributed by atoms with E-state index in [1.165, 1.54) is 5.56 Å². The van der Waals surface area contributed by atoms with E-state index in [1.54, 1.807) is 11.3 Å². The van der Waals surface area contributed by atoms with Crippen LogP contribution in [0.3, 0.4) is 0 Å². The van der Waals surface area contributed by atoms with Gasteiger partial charge in [-0.1, -0.05) is 0 Å². The van der Waals surface area contributed by atoms with E-state index in [2.05, 4.69) is 16.0 Å². The lowest BCUT2D eigenvalue weighted by Crippen LogP contribution is -2.57. The Labute approximate surface area is 104 Å². The van der Waals surface area contributed by atoms with Crippen molar-refractivity contribution in [3.8, 4) is 0 Å². The number of piperazine rings is 1. The third kappa shape index (κ3) is 3.04. The van der Waals surface area contributed by atoms with Crippen LogP contribution in [-0.2, 0) is 16.1 Å². The summed E-state index contributed by atoms with van der Waals surface area (Å²) in [6, 6.07) is 1.71. The highest BCUT2D eigenvalue weighted by Gasteiger charge is 2.23. The van der Waals surface area contributed by atoms with Crippen LogP contribution >= 0.6 is 11.3 Å². The average molecular weight is 253 g/mol. The molecular weight excluding hydrogens is 238 g/mol. The maximum absolute atomic E-state index is 11.8. The van der Waals surface area contributed by atoms with E-state index >= 15 is 0 Å². The van der Waals surface area contributed by atoms with Crippen molar-refractivity contribution < 1.29 is 9.59 Å². The van der Waals surface area contributed by atoms with E-state index in [0.717, 1.165) is 4.88 Å². The van der Waals surface area contributed by atoms with Crippen LogP contribution in [0.1, 0.15) is 10.4 Å². The Hall–Kier alpha value is -1.40. The fourth-order valence-corrected chi connectivity index (χ4v) is 2.47. The molecule has 0 aliphatic carbocycles. The molecule has 0 saturated carbocycles. The Morgan fingerprint density at radius 3 is 3.06 bits per heavy atom. The Bertz CT molecular complexity index is 420. The van der Waals surface area contributed by atoms with Crippen molar-refractivity contribution in [2.24, 2.45) is 0 Å². The van der Waals surface area contributed by atoms with Gasteiger partial charge in [-0.05, 0) is 23.9 Å². The Morgan fingerprint density at radius 1 is 1.65 bits per heavy atom. The fraction of sp³-hybridized carbons (Fsp3) is 0.455. The van der Waals surface area contributed by atoms with Crippen molar-refractivity contribution in [2.45, 2.75) is 19.5 Å². The van der Waals surface area contributed by atoms with Gasteiger partial charge in [-0.2, -0.15) is 0 Å². The van der Waals surface area contributed by atoms with Crippen molar-refractivity contribution in [1.29, 1.82) is 0 Å². The van der Waals surface area contributed by atoms with Crippen LogP contribution in [0, 0.1) is 6.92 Å². The molecule has 1 aromatic rings. The number of thiophene rings is 1. The molecule has 17 heavy (non-hydrogen) atoms. The van der Waals surface area contributed by atoms with Gasteiger partial charge in [0, 0.05) is 11.4 Å². The summed E-state index contributed by atoms with van der Waals surface area (Å²) in [6.07, 6.45) is 0. The molecule has 1 aromatic heterocycles. The lowest BCUT2D eigenvalue weighted by atomic mass is 10.2. The number of carbonyl (C=O) groups excluding carboxylic acids is 2. The normalized spacial score (nSPS) is 19.8. The zero-order chi connectivity index (χ0) is 12.3. The van der Waals surface area contributed by atoms with Gasteiger partial charge in [-0.25, -0.2) is 0 Å². The zero-order valence-corrected chi connectivity index (χ0v) is 10.4. The van der Waals surface area contributed by atoms with Gasteiger partial charge < -0.3 is 10.6 Å². The number of aryl methyl sites for hydroxylation is 1. The van der Waals surface area contributed by atoms with E-state index in [1.807, 2.05) is 18.4 Å². The number of carbonyl (C=O) groups is 2. The third-order valence-corrected chi connectivity index (χ3v) is 3.74. The molecule has 3 N–H and O–H groups in total. The first-order chi connectivity index (χ1) is 8.16. The minimum atomic E-state index is -0.326. The van der Waals surface area contributed by atoms with Gasteiger partial charge in [0.2, 0.25) is 11.8 Å². The van der Waals surface area contributed by atoms with E-state index < -0.39 is 0 Å². The lowest BCUT2D eigenvalue weighted by Gasteiger charge is -2.23.